The second-order valence-corrected chi connectivity index (χ2v) is 4.69. The van der Waals surface area contributed by atoms with Gasteiger partial charge >= 0.3 is 0 Å². The van der Waals surface area contributed by atoms with Crippen LogP contribution in [0.1, 0.15) is 39.2 Å². The molecule has 0 fully saturated rings. The van der Waals surface area contributed by atoms with Gasteiger partial charge in [-0.15, -0.1) is 0 Å². The van der Waals surface area contributed by atoms with Gasteiger partial charge in [0.05, 0.1) is 0 Å². The summed E-state index contributed by atoms with van der Waals surface area (Å²) in [7, 11) is 1.83. The van der Waals surface area contributed by atoms with Gasteiger partial charge in [0.15, 0.2) is 0 Å². The van der Waals surface area contributed by atoms with E-state index in [9.17, 15) is 4.79 Å². The lowest BCUT2D eigenvalue weighted by atomic mass is 10.1. The smallest absolute Gasteiger partial charge is 0.219 e. The molecule has 0 aliphatic rings. The Labute approximate surface area is 110 Å². The second kappa shape index (κ2) is 7.04. The molecule has 0 atom stereocenters. The summed E-state index contributed by atoms with van der Waals surface area (Å²) in [6, 6.07) is 8.70. The number of hydrogen-bond donors (Lipinski definition) is 1. The maximum atomic E-state index is 11.3. The van der Waals surface area contributed by atoms with E-state index in [1.54, 1.807) is 11.8 Å². The van der Waals surface area contributed by atoms with Crippen LogP contribution in [0.4, 0.5) is 5.69 Å². The monoisotopic (exact) mass is 248 g/mol. The average molecular weight is 248 g/mol. The van der Waals surface area contributed by atoms with Crippen molar-refractivity contribution in [3.8, 4) is 0 Å². The molecular formula is C15H24N2O. The van der Waals surface area contributed by atoms with Crippen molar-refractivity contribution in [3.63, 3.8) is 0 Å². The van der Waals surface area contributed by atoms with Gasteiger partial charge in [-0.05, 0) is 24.5 Å². The first-order valence-electron chi connectivity index (χ1n) is 6.64. The summed E-state index contributed by atoms with van der Waals surface area (Å²) in [5.74, 6) is 0.0901. The van der Waals surface area contributed by atoms with Crippen molar-refractivity contribution in [2.45, 2.75) is 46.2 Å². The molecule has 0 bridgehead atoms. The van der Waals surface area contributed by atoms with Crippen molar-refractivity contribution in [1.29, 1.82) is 0 Å². The largest absolute Gasteiger partial charge is 0.382 e. The molecule has 1 aromatic rings. The van der Waals surface area contributed by atoms with Crippen LogP contribution in [0.25, 0.3) is 0 Å². The number of para-hydroxylation sites is 1. The van der Waals surface area contributed by atoms with E-state index in [1.165, 1.54) is 5.56 Å². The molecule has 1 N–H and O–H groups in total. The van der Waals surface area contributed by atoms with E-state index in [0.717, 1.165) is 18.5 Å². The predicted molar refractivity (Wildman–Crippen MR) is 76.6 cm³/mol. The first-order chi connectivity index (χ1) is 8.58. The quantitative estimate of drug-likeness (QED) is 0.838. The number of carbonyl (C=O) groups excluding carboxylic acids is 1. The molecule has 0 heterocycles. The molecule has 18 heavy (non-hydrogen) atoms. The summed E-state index contributed by atoms with van der Waals surface area (Å²) < 4.78 is 0. The fourth-order valence-corrected chi connectivity index (χ4v) is 1.88. The maximum Gasteiger partial charge on any atom is 0.219 e. The summed E-state index contributed by atoms with van der Waals surface area (Å²) in [6.07, 6.45) is 2.21. The van der Waals surface area contributed by atoms with Gasteiger partial charge in [-0.2, -0.15) is 0 Å². The van der Waals surface area contributed by atoms with Gasteiger partial charge in [-0.25, -0.2) is 0 Å². The van der Waals surface area contributed by atoms with E-state index in [-0.39, 0.29) is 5.91 Å². The summed E-state index contributed by atoms with van der Waals surface area (Å²) in [5, 5.41) is 3.55. The third-order valence-electron chi connectivity index (χ3n) is 3.31. The van der Waals surface area contributed by atoms with Gasteiger partial charge in [-0.1, -0.05) is 32.0 Å². The highest BCUT2D eigenvalue weighted by Gasteiger charge is 2.09. The van der Waals surface area contributed by atoms with E-state index in [4.69, 9.17) is 0 Å². The molecule has 3 nitrogen and oxygen atoms in total. The molecule has 0 radical (unpaired) electrons. The number of rotatable bonds is 6. The lowest BCUT2D eigenvalue weighted by Gasteiger charge is -2.21. The van der Waals surface area contributed by atoms with Crippen molar-refractivity contribution >= 4 is 11.6 Å². The van der Waals surface area contributed by atoms with Gasteiger partial charge in [0, 0.05) is 32.2 Å². The molecule has 1 rings (SSSR count). The number of nitrogens with zero attached hydrogens (tertiary/aromatic N) is 1. The third-order valence-corrected chi connectivity index (χ3v) is 3.31. The zero-order valence-electron chi connectivity index (χ0n) is 11.9. The number of benzene rings is 1. The molecule has 0 unspecified atom stereocenters. The topological polar surface area (TPSA) is 32.3 Å². The zero-order valence-corrected chi connectivity index (χ0v) is 11.9. The highest BCUT2D eigenvalue weighted by atomic mass is 16.2. The Bertz CT molecular complexity index is 386. The first-order valence-corrected chi connectivity index (χ1v) is 6.64. The maximum absolute atomic E-state index is 11.3. The first kappa shape index (κ1) is 14.6. The molecular weight excluding hydrogens is 224 g/mol. The van der Waals surface area contributed by atoms with Crippen LogP contribution < -0.4 is 5.32 Å². The number of amides is 1. The fourth-order valence-electron chi connectivity index (χ4n) is 1.88. The third kappa shape index (κ3) is 4.06. The Morgan fingerprint density at radius 3 is 2.44 bits per heavy atom. The molecule has 0 saturated carbocycles. The highest BCUT2D eigenvalue weighted by molar-refractivity contribution is 5.73. The van der Waals surface area contributed by atoms with Crippen molar-refractivity contribution in [1.82, 2.24) is 4.90 Å². The lowest BCUT2D eigenvalue weighted by molar-refractivity contribution is -0.128. The van der Waals surface area contributed by atoms with Gasteiger partial charge in [0.25, 0.3) is 0 Å². The van der Waals surface area contributed by atoms with E-state index in [0.29, 0.717) is 12.6 Å². The molecule has 0 aliphatic heterocycles. The number of nitrogens with one attached hydrogen (secondary N) is 1. The molecule has 1 aromatic carbocycles. The van der Waals surface area contributed by atoms with Crippen molar-refractivity contribution in [2.24, 2.45) is 0 Å². The van der Waals surface area contributed by atoms with E-state index in [1.807, 2.05) is 19.2 Å². The standard InChI is InChI=1S/C15H24N2O/c1-5-14(6-2)16-15-10-8-7-9-13(15)11-17(4)12(3)18/h7-10,14,16H,5-6,11H2,1-4H3. The van der Waals surface area contributed by atoms with Crippen LogP contribution in [0.2, 0.25) is 0 Å². The van der Waals surface area contributed by atoms with E-state index >= 15 is 0 Å². The molecule has 1 amide bonds. The highest BCUT2D eigenvalue weighted by Crippen LogP contribution is 2.19. The summed E-state index contributed by atoms with van der Waals surface area (Å²) >= 11 is 0. The molecule has 0 spiro atoms. The Balaban J connectivity index is 2.82. The SMILES string of the molecule is CCC(CC)Nc1ccccc1CN(C)C(C)=O. The molecule has 100 valence electrons. The van der Waals surface area contributed by atoms with Crippen LogP contribution in [0.15, 0.2) is 24.3 Å². The fraction of sp³-hybridized carbons (Fsp3) is 0.533. The average Bonchev–Trinajstić information content (AvgIpc) is 2.37. The van der Waals surface area contributed by atoms with Crippen molar-refractivity contribution in [3.05, 3.63) is 29.8 Å². The predicted octanol–water partition coefficient (Wildman–Crippen LogP) is 3.27. The van der Waals surface area contributed by atoms with Gasteiger partial charge < -0.3 is 10.2 Å². The Morgan fingerprint density at radius 2 is 1.89 bits per heavy atom. The zero-order chi connectivity index (χ0) is 13.5. The molecule has 0 saturated heterocycles. The summed E-state index contributed by atoms with van der Waals surface area (Å²) in [5.41, 5.74) is 2.31. The van der Waals surface area contributed by atoms with Crippen molar-refractivity contribution in [2.75, 3.05) is 12.4 Å². The van der Waals surface area contributed by atoms with Crippen LogP contribution in [0.3, 0.4) is 0 Å². The Morgan fingerprint density at radius 1 is 1.28 bits per heavy atom. The van der Waals surface area contributed by atoms with Crippen LogP contribution in [-0.4, -0.2) is 23.9 Å². The molecule has 0 aromatic heterocycles. The lowest BCUT2D eigenvalue weighted by Crippen LogP contribution is -2.24. The summed E-state index contributed by atoms with van der Waals surface area (Å²) in [6.45, 7) is 6.62. The summed E-state index contributed by atoms with van der Waals surface area (Å²) in [4.78, 5) is 13.0. The van der Waals surface area contributed by atoms with Crippen LogP contribution in [-0.2, 0) is 11.3 Å². The minimum atomic E-state index is 0.0901. The van der Waals surface area contributed by atoms with E-state index in [2.05, 4.69) is 31.3 Å². The number of carbonyl (C=O) groups is 1. The van der Waals surface area contributed by atoms with Gasteiger partial charge in [0.2, 0.25) is 5.91 Å². The van der Waals surface area contributed by atoms with Crippen molar-refractivity contribution < 1.29 is 4.79 Å². The molecule has 0 aliphatic carbocycles. The van der Waals surface area contributed by atoms with E-state index < -0.39 is 0 Å². The van der Waals surface area contributed by atoms with Crippen LogP contribution >= 0.6 is 0 Å². The minimum Gasteiger partial charge on any atom is -0.382 e. The van der Waals surface area contributed by atoms with Crippen LogP contribution in [0.5, 0.6) is 0 Å². The number of hydrogen-bond acceptors (Lipinski definition) is 2. The Kier molecular flexibility index (Phi) is 5.69. The Hall–Kier alpha value is -1.51. The second-order valence-electron chi connectivity index (χ2n) is 4.69. The molecule has 3 heteroatoms. The minimum absolute atomic E-state index is 0.0901. The van der Waals surface area contributed by atoms with Gasteiger partial charge in [0.1, 0.15) is 0 Å². The normalized spacial score (nSPS) is 10.5. The van der Waals surface area contributed by atoms with Gasteiger partial charge in [-0.3, -0.25) is 4.79 Å². The number of anilines is 1. The van der Waals surface area contributed by atoms with Crippen LogP contribution in [0, 0.1) is 0 Å².